The highest BCUT2D eigenvalue weighted by atomic mass is 28.4. The van der Waals surface area contributed by atoms with Crippen molar-refractivity contribution in [2.24, 2.45) is 5.73 Å². The summed E-state index contributed by atoms with van der Waals surface area (Å²) in [7, 11) is -2.41. The molecule has 0 fully saturated rings. The summed E-state index contributed by atoms with van der Waals surface area (Å²) in [5.74, 6) is 6.92. The van der Waals surface area contributed by atoms with E-state index in [1.165, 1.54) is 10.4 Å². The molecule has 0 bridgehead atoms. The van der Waals surface area contributed by atoms with Gasteiger partial charge in [0.05, 0.1) is 0 Å². The van der Waals surface area contributed by atoms with Gasteiger partial charge in [-0.1, -0.05) is 88.4 Å². The first-order valence-electron chi connectivity index (χ1n) is 10.2. The standard InChI is InChI=1S/C20H29NOSi.3CH3.Al/c1-5-17(21)16-22-23(20(2,3)4,18-12-8-6-9-13-18)19-14-10-7-11-15-19;;;;/h6-15,17H,5,16,21H2,1-4H3;3*1H3;/t17-;;;;/m0..../s1. The molecule has 0 unspecified atom stereocenters. The Morgan fingerprint density at radius 2 is 1.26 bits per heavy atom. The van der Waals surface area contributed by atoms with E-state index >= 15 is 0 Å². The second-order valence-corrected chi connectivity index (χ2v) is 16.6. The Morgan fingerprint density at radius 3 is 1.56 bits per heavy atom. The summed E-state index contributed by atoms with van der Waals surface area (Å²) in [5, 5.41) is 2.63. The average Bonchev–Trinajstić information content (AvgIpc) is 2.62. The lowest BCUT2D eigenvalue weighted by Crippen LogP contribution is -2.67. The molecule has 1 atom stereocenters. The molecule has 4 heteroatoms. The zero-order valence-electron chi connectivity index (χ0n) is 18.3. The third-order valence-electron chi connectivity index (χ3n) is 4.46. The Morgan fingerprint density at radius 1 is 0.889 bits per heavy atom. The first kappa shape index (κ1) is 24.1. The van der Waals surface area contributed by atoms with Gasteiger partial charge in [0.15, 0.2) is 0 Å². The predicted octanol–water partition coefficient (Wildman–Crippen LogP) is 4.67. The largest absolute Gasteiger partial charge is 0.406 e. The van der Waals surface area contributed by atoms with E-state index < -0.39 is 8.32 Å². The molecule has 2 rings (SSSR count). The van der Waals surface area contributed by atoms with Gasteiger partial charge in [0, 0.05) is 12.6 Å². The molecular formula is C23H38AlNOSi. The van der Waals surface area contributed by atoms with E-state index in [2.05, 4.69) is 106 Å². The van der Waals surface area contributed by atoms with Crippen molar-refractivity contribution in [3.05, 3.63) is 60.7 Å². The lowest BCUT2D eigenvalue weighted by Gasteiger charge is -2.43. The normalized spacial score (nSPS) is 12.7. The Labute approximate surface area is 172 Å². The fourth-order valence-electron chi connectivity index (χ4n) is 3.11. The van der Waals surface area contributed by atoms with Crippen molar-refractivity contribution >= 4 is 32.8 Å². The molecule has 0 radical (unpaired) electrons. The summed E-state index contributed by atoms with van der Waals surface area (Å²) < 4.78 is 6.73. The van der Waals surface area contributed by atoms with Crippen LogP contribution in [-0.2, 0) is 4.43 Å². The van der Waals surface area contributed by atoms with Crippen LogP contribution >= 0.6 is 0 Å². The van der Waals surface area contributed by atoms with Crippen LogP contribution in [0.2, 0.25) is 22.4 Å². The Kier molecular flexibility index (Phi) is 10.0. The van der Waals surface area contributed by atoms with Crippen LogP contribution in [0.5, 0.6) is 0 Å². The van der Waals surface area contributed by atoms with E-state index in [4.69, 9.17) is 10.2 Å². The van der Waals surface area contributed by atoms with Crippen molar-refractivity contribution in [1.29, 1.82) is 0 Å². The van der Waals surface area contributed by atoms with Crippen molar-refractivity contribution in [2.75, 3.05) is 6.61 Å². The molecule has 2 aromatic rings. The molecule has 2 nitrogen and oxygen atoms in total. The van der Waals surface area contributed by atoms with E-state index in [1.807, 2.05) is 0 Å². The first-order valence-corrected chi connectivity index (χ1v) is 15.5. The smallest absolute Gasteiger partial charge is 0.261 e. The maximum absolute atomic E-state index is 6.73. The average molecular weight is 400 g/mol. The van der Waals surface area contributed by atoms with E-state index in [1.54, 1.807) is 0 Å². The minimum absolute atomic E-state index is 0.0170. The molecular weight excluding hydrogens is 361 g/mol. The zero-order chi connectivity index (χ0) is 20.5. The number of nitrogens with two attached hydrogens (primary N) is 1. The zero-order valence-corrected chi connectivity index (χ0v) is 20.5. The van der Waals surface area contributed by atoms with Gasteiger partial charge in [-0.3, -0.25) is 0 Å². The second kappa shape index (κ2) is 11.2. The van der Waals surface area contributed by atoms with E-state index in [9.17, 15) is 0 Å². The topological polar surface area (TPSA) is 35.2 Å². The molecule has 0 aliphatic rings. The summed E-state index contributed by atoms with van der Waals surface area (Å²) >= 11 is -0.139. The third kappa shape index (κ3) is 6.89. The molecule has 0 heterocycles. The lowest BCUT2D eigenvalue weighted by molar-refractivity contribution is 0.269. The molecule has 2 N–H and O–H groups in total. The van der Waals surface area contributed by atoms with E-state index in [0.717, 1.165) is 6.42 Å². The molecule has 0 saturated carbocycles. The van der Waals surface area contributed by atoms with Crippen LogP contribution in [0.4, 0.5) is 0 Å². The Bertz CT molecular complexity index is 598. The highest BCUT2D eigenvalue weighted by Gasteiger charge is 2.50. The predicted molar refractivity (Wildman–Crippen MR) is 125 cm³/mol. The quantitative estimate of drug-likeness (QED) is 0.717. The number of rotatable bonds is 6. The molecule has 148 valence electrons. The maximum atomic E-state index is 6.73. The summed E-state index contributed by atoms with van der Waals surface area (Å²) in [6, 6.07) is 21.5. The number of benzene rings is 2. The van der Waals surface area contributed by atoms with E-state index in [0.29, 0.717) is 6.61 Å². The minimum atomic E-state index is -2.41. The monoisotopic (exact) mass is 399 g/mol. The van der Waals surface area contributed by atoms with Gasteiger partial charge in [0.1, 0.15) is 0 Å². The van der Waals surface area contributed by atoms with Gasteiger partial charge in [-0.05, 0) is 21.8 Å². The first-order chi connectivity index (χ1) is 12.6. The van der Waals surface area contributed by atoms with Gasteiger partial charge < -0.3 is 10.2 Å². The summed E-state index contributed by atoms with van der Waals surface area (Å²) in [4.78, 5) is 0. The fourth-order valence-corrected chi connectivity index (χ4v) is 7.73. The van der Waals surface area contributed by atoms with Gasteiger partial charge >= 0.3 is 0 Å². The van der Waals surface area contributed by atoms with Gasteiger partial charge in [-0.2, -0.15) is 0 Å². The van der Waals surface area contributed by atoms with Crippen molar-refractivity contribution < 1.29 is 4.43 Å². The van der Waals surface area contributed by atoms with Crippen LogP contribution in [0.1, 0.15) is 34.1 Å². The second-order valence-electron chi connectivity index (χ2n) is 8.87. The highest BCUT2D eigenvalue weighted by Crippen LogP contribution is 2.36. The molecule has 0 aromatic heterocycles. The van der Waals surface area contributed by atoms with Crippen LogP contribution in [0, 0.1) is 0 Å². The van der Waals surface area contributed by atoms with E-state index in [-0.39, 0.29) is 25.2 Å². The molecule has 0 spiro atoms. The van der Waals surface area contributed by atoms with Crippen LogP contribution in [0.3, 0.4) is 0 Å². The molecule has 0 amide bonds. The minimum Gasteiger partial charge on any atom is -0.406 e. The molecule has 27 heavy (non-hydrogen) atoms. The molecule has 0 saturated heterocycles. The van der Waals surface area contributed by atoms with Crippen LogP contribution in [0.25, 0.3) is 0 Å². The third-order valence-corrected chi connectivity index (χ3v) is 9.46. The summed E-state index contributed by atoms with van der Waals surface area (Å²) in [6.07, 6.45) is 0.929. The van der Waals surface area contributed by atoms with Gasteiger partial charge in [0.2, 0.25) is 0 Å². The van der Waals surface area contributed by atoms with Crippen LogP contribution < -0.4 is 16.1 Å². The van der Waals surface area contributed by atoms with Gasteiger partial charge in [0.25, 0.3) is 22.5 Å². The highest BCUT2D eigenvalue weighted by molar-refractivity contribution is 6.99. The molecule has 0 aliphatic heterocycles. The van der Waals surface area contributed by atoms with Crippen molar-refractivity contribution in [3.63, 3.8) is 0 Å². The van der Waals surface area contributed by atoms with Crippen molar-refractivity contribution in [3.8, 4) is 0 Å². The van der Waals surface area contributed by atoms with Crippen molar-refractivity contribution in [1.82, 2.24) is 0 Å². The fraction of sp³-hybridized carbons (Fsp3) is 0.478. The van der Waals surface area contributed by atoms with Crippen molar-refractivity contribution in [2.45, 2.75) is 62.6 Å². The SMILES string of the molecule is CC[C@H](N)CO[Si](c1ccccc1)(c1ccccc1)C(C)(C)C.[CH3][Al]([CH3])[CH3]. The Hall–Kier alpha value is -0.891. The van der Waals surface area contributed by atoms with Gasteiger partial charge in [-0.15, -0.1) is 17.4 Å². The summed E-state index contributed by atoms with van der Waals surface area (Å²) in [5.41, 5.74) is 6.18. The van der Waals surface area contributed by atoms with Crippen LogP contribution in [-0.4, -0.2) is 35.1 Å². The number of hydrogen-bond acceptors (Lipinski definition) is 2. The summed E-state index contributed by atoms with van der Waals surface area (Å²) in [6.45, 7) is 9.58. The Balaban J connectivity index is 0.000000828. The number of hydrogen-bond donors (Lipinski definition) is 1. The van der Waals surface area contributed by atoms with Crippen LogP contribution in [0.15, 0.2) is 60.7 Å². The van der Waals surface area contributed by atoms with Gasteiger partial charge in [-0.25, -0.2) is 0 Å². The maximum Gasteiger partial charge on any atom is 0.261 e. The molecule has 2 aromatic carbocycles. The lowest BCUT2D eigenvalue weighted by atomic mass is 10.2. The molecule has 0 aliphatic carbocycles.